The predicted octanol–water partition coefficient (Wildman–Crippen LogP) is -1.59. The average molecular weight is 196 g/mol. The summed E-state index contributed by atoms with van der Waals surface area (Å²) in [6, 6.07) is 0. The molecule has 1 aliphatic rings. The van der Waals surface area contributed by atoms with E-state index in [1.54, 1.807) is 0 Å². The van der Waals surface area contributed by atoms with Crippen molar-refractivity contribution in [1.29, 1.82) is 0 Å². The van der Waals surface area contributed by atoms with Crippen LogP contribution in [0.2, 0.25) is 0 Å². The van der Waals surface area contributed by atoms with Crippen LogP contribution in [-0.4, -0.2) is 59.8 Å². The molecule has 0 aromatic rings. The van der Waals surface area contributed by atoms with Crippen LogP contribution in [0.4, 0.5) is 4.39 Å². The smallest absolute Gasteiger partial charge is 0.189 e. The number of hydrogen-bond acceptors (Lipinski definition) is 5. The number of aliphatic hydroxyl groups is 3. The van der Waals surface area contributed by atoms with E-state index in [9.17, 15) is 9.50 Å². The lowest BCUT2D eigenvalue weighted by Gasteiger charge is -2.38. The highest BCUT2D eigenvalue weighted by molar-refractivity contribution is 4.89. The van der Waals surface area contributed by atoms with Crippen LogP contribution in [0, 0.1) is 0 Å². The molecule has 3 N–H and O–H groups in total. The molecule has 5 nitrogen and oxygen atoms in total. The number of hydrogen-bond donors (Lipinski definition) is 3. The van der Waals surface area contributed by atoms with Gasteiger partial charge >= 0.3 is 0 Å². The average Bonchev–Trinajstić information content (AvgIpc) is 2.12. The van der Waals surface area contributed by atoms with Crippen molar-refractivity contribution >= 4 is 0 Å². The second kappa shape index (κ2) is 4.30. The Balaban J connectivity index is 2.69. The van der Waals surface area contributed by atoms with Gasteiger partial charge < -0.3 is 24.8 Å². The van der Waals surface area contributed by atoms with Crippen LogP contribution in [0.25, 0.3) is 0 Å². The minimum Gasteiger partial charge on any atom is -0.394 e. The molecule has 13 heavy (non-hydrogen) atoms. The topological polar surface area (TPSA) is 79.2 Å². The highest BCUT2D eigenvalue weighted by atomic mass is 19.1. The van der Waals surface area contributed by atoms with Crippen LogP contribution in [0.5, 0.6) is 0 Å². The predicted molar refractivity (Wildman–Crippen MR) is 39.7 cm³/mol. The Morgan fingerprint density at radius 1 is 1.46 bits per heavy atom. The van der Waals surface area contributed by atoms with Crippen molar-refractivity contribution in [3.63, 3.8) is 0 Å². The van der Waals surface area contributed by atoms with Gasteiger partial charge in [0.1, 0.15) is 18.3 Å². The number of ether oxygens (including phenoxy) is 2. The first-order chi connectivity index (χ1) is 6.11. The van der Waals surface area contributed by atoms with Gasteiger partial charge in [-0.25, -0.2) is 4.39 Å². The maximum atomic E-state index is 13.1. The fraction of sp³-hybridized carbons (Fsp3) is 1.00. The standard InChI is InChI=1S/C7H13FO5/c1-12-6-4(8)7(11)13-3(2-9)5(6)10/h3-7,9-11H,2H2,1H3/t3-,4-,5-,6-,7?/m1/s1. The lowest BCUT2D eigenvalue weighted by Crippen LogP contribution is -2.57. The highest BCUT2D eigenvalue weighted by Gasteiger charge is 2.45. The van der Waals surface area contributed by atoms with Crippen molar-refractivity contribution < 1.29 is 29.2 Å². The van der Waals surface area contributed by atoms with E-state index in [0.717, 1.165) is 0 Å². The zero-order valence-electron chi connectivity index (χ0n) is 7.13. The summed E-state index contributed by atoms with van der Waals surface area (Å²) in [5.74, 6) is 0. The minimum atomic E-state index is -1.80. The maximum absolute atomic E-state index is 13.1. The van der Waals surface area contributed by atoms with E-state index in [0.29, 0.717) is 0 Å². The van der Waals surface area contributed by atoms with E-state index in [2.05, 4.69) is 9.47 Å². The van der Waals surface area contributed by atoms with E-state index < -0.39 is 37.4 Å². The zero-order valence-corrected chi connectivity index (χ0v) is 7.13. The van der Waals surface area contributed by atoms with Gasteiger partial charge in [-0.05, 0) is 0 Å². The highest BCUT2D eigenvalue weighted by Crippen LogP contribution is 2.23. The van der Waals surface area contributed by atoms with E-state index in [-0.39, 0.29) is 0 Å². The molecule has 0 spiro atoms. The van der Waals surface area contributed by atoms with Crippen molar-refractivity contribution in [3.05, 3.63) is 0 Å². The van der Waals surface area contributed by atoms with Crippen LogP contribution >= 0.6 is 0 Å². The Morgan fingerprint density at radius 3 is 2.54 bits per heavy atom. The Kier molecular flexibility index (Phi) is 3.57. The molecule has 6 heteroatoms. The third-order valence-corrected chi connectivity index (χ3v) is 2.07. The van der Waals surface area contributed by atoms with Crippen LogP contribution in [0.3, 0.4) is 0 Å². The summed E-state index contributed by atoms with van der Waals surface area (Å²) < 4.78 is 22.3. The molecule has 0 bridgehead atoms. The molecule has 0 radical (unpaired) electrons. The molecule has 1 rings (SSSR count). The van der Waals surface area contributed by atoms with Gasteiger partial charge in [-0.3, -0.25) is 0 Å². The second-order valence-corrected chi connectivity index (χ2v) is 2.88. The Morgan fingerprint density at radius 2 is 2.08 bits per heavy atom. The summed E-state index contributed by atoms with van der Waals surface area (Å²) in [7, 11) is 1.22. The fourth-order valence-corrected chi connectivity index (χ4v) is 1.32. The van der Waals surface area contributed by atoms with Crippen molar-refractivity contribution in [2.24, 2.45) is 0 Å². The van der Waals surface area contributed by atoms with E-state index in [1.165, 1.54) is 7.11 Å². The Bertz CT molecular complexity index is 167. The van der Waals surface area contributed by atoms with Gasteiger partial charge in [-0.2, -0.15) is 0 Å². The van der Waals surface area contributed by atoms with Gasteiger partial charge in [0.05, 0.1) is 6.61 Å². The van der Waals surface area contributed by atoms with Crippen LogP contribution in [0.15, 0.2) is 0 Å². The van der Waals surface area contributed by atoms with Crippen molar-refractivity contribution in [2.45, 2.75) is 30.8 Å². The van der Waals surface area contributed by atoms with Crippen LogP contribution in [0.1, 0.15) is 0 Å². The molecule has 1 fully saturated rings. The van der Waals surface area contributed by atoms with Crippen molar-refractivity contribution in [1.82, 2.24) is 0 Å². The summed E-state index contributed by atoms with van der Waals surface area (Å²) in [4.78, 5) is 0. The molecule has 1 heterocycles. The maximum Gasteiger partial charge on any atom is 0.189 e. The molecule has 78 valence electrons. The monoisotopic (exact) mass is 196 g/mol. The fourth-order valence-electron chi connectivity index (χ4n) is 1.32. The van der Waals surface area contributed by atoms with Gasteiger partial charge in [0.15, 0.2) is 12.5 Å². The van der Waals surface area contributed by atoms with Gasteiger partial charge in [0.25, 0.3) is 0 Å². The second-order valence-electron chi connectivity index (χ2n) is 2.88. The molecule has 0 aromatic heterocycles. The molecule has 5 atom stereocenters. The number of aliphatic hydroxyl groups excluding tert-OH is 3. The summed E-state index contributed by atoms with van der Waals surface area (Å²) >= 11 is 0. The molecule has 1 aliphatic heterocycles. The first-order valence-corrected chi connectivity index (χ1v) is 3.91. The molecule has 0 aromatic carbocycles. The lowest BCUT2D eigenvalue weighted by molar-refractivity contribution is -0.275. The van der Waals surface area contributed by atoms with Crippen LogP contribution < -0.4 is 0 Å². The van der Waals surface area contributed by atoms with Gasteiger partial charge in [-0.15, -0.1) is 0 Å². The Labute approximate surface area is 74.7 Å². The first-order valence-electron chi connectivity index (χ1n) is 3.91. The molecular weight excluding hydrogens is 183 g/mol. The van der Waals surface area contributed by atoms with Gasteiger partial charge in [-0.1, -0.05) is 0 Å². The third kappa shape index (κ3) is 1.97. The van der Waals surface area contributed by atoms with E-state index in [1.807, 2.05) is 0 Å². The number of alkyl halides is 1. The first kappa shape index (κ1) is 10.8. The summed E-state index contributed by atoms with van der Waals surface area (Å²) in [6.45, 7) is -0.495. The normalized spacial score (nSPS) is 46.4. The molecular formula is C7H13FO5. The van der Waals surface area contributed by atoms with E-state index in [4.69, 9.17) is 10.2 Å². The number of halogens is 1. The molecule has 1 saturated heterocycles. The third-order valence-electron chi connectivity index (χ3n) is 2.07. The molecule has 0 aliphatic carbocycles. The van der Waals surface area contributed by atoms with Gasteiger partial charge in [0, 0.05) is 7.11 Å². The summed E-state index contributed by atoms with van der Waals surface area (Å²) in [6.07, 6.45) is -6.91. The molecule has 1 unspecified atom stereocenters. The van der Waals surface area contributed by atoms with Crippen molar-refractivity contribution in [2.75, 3.05) is 13.7 Å². The van der Waals surface area contributed by atoms with E-state index >= 15 is 0 Å². The molecule has 0 amide bonds. The lowest BCUT2D eigenvalue weighted by atomic mass is 10.0. The quantitative estimate of drug-likeness (QED) is 0.496. The number of methoxy groups -OCH3 is 1. The minimum absolute atomic E-state index is 0.495. The number of rotatable bonds is 2. The SMILES string of the molecule is CO[C@H]1[C@H](O)[C@@H](CO)OC(O)[C@@H]1F. The van der Waals surface area contributed by atoms with Gasteiger partial charge in [0.2, 0.25) is 0 Å². The molecule has 0 saturated carbocycles. The van der Waals surface area contributed by atoms with Crippen LogP contribution in [-0.2, 0) is 9.47 Å². The van der Waals surface area contributed by atoms with Crippen molar-refractivity contribution in [3.8, 4) is 0 Å². The Hall–Kier alpha value is -0.270. The summed E-state index contributed by atoms with van der Waals surface area (Å²) in [5.41, 5.74) is 0. The zero-order chi connectivity index (χ0) is 10.0. The summed E-state index contributed by atoms with van der Waals surface area (Å²) in [5, 5.41) is 27.1. The largest absolute Gasteiger partial charge is 0.394 e.